The van der Waals surface area contributed by atoms with Crippen LogP contribution in [0.5, 0.6) is 0 Å². The lowest BCUT2D eigenvalue weighted by molar-refractivity contribution is -0.119. The quantitative estimate of drug-likeness (QED) is 0.534. The van der Waals surface area contributed by atoms with Gasteiger partial charge in [-0.1, -0.05) is 24.9 Å². The smallest absolute Gasteiger partial charge is 0.276 e. The summed E-state index contributed by atoms with van der Waals surface area (Å²) in [6, 6.07) is 6.58. The highest BCUT2D eigenvalue weighted by Gasteiger charge is 2.34. The van der Waals surface area contributed by atoms with Gasteiger partial charge in [-0.05, 0) is 12.1 Å². The highest BCUT2D eigenvalue weighted by atomic mass is 32.1. The van der Waals surface area contributed by atoms with Gasteiger partial charge < -0.3 is 4.72 Å². The minimum absolute atomic E-state index is 0.122. The molecule has 1 aliphatic rings. The first-order valence-electron chi connectivity index (χ1n) is 5.29. The molecule has 0 unspecified atom stereocenters. The number of rotatable bonds is 4. The van der Waals surface area contributed by atoms with Crippen molar-refractivity contribution in [3.05, 3.63) is 35.4 Å². The molecule has 0 saturated carbocycles. The monoisotopic (exact) mass is 265 g/mol. The fraction of sp³-hybridized carbons (Fsp3) is 0.182. The summed E-state index contributed by atoms with van der Waals surface area (Å²) in [4.78, 5) is 34.7. The average molecular weight is 265 g/mol. The molecule has 7 heteroatoms. The van der Waals surface area contributed by atoms with Crippen LogP contribution in [0.2, 0.25) is 0 Å². The number of thiol groups is 1. The number of hydrogen-bond donors (Lipinski definition) is 3. The van der Waals surface area contributed by atoms with E-state index in [2.05, 4.69) is 23.0 Å². The van der Waals surface area contributed by atoms with E-state index in [0.29, 0.717) is 11.1 Å². The molecule has 0 fully saturated rings. The normalized spacial score (nSPS) is 13.7. The molecule has 0 atom stereocenters. The van der Waals surface area contributed by atoms with Gasteiger partial charge in [0.15, 0.2) is 0 Å². The number of amides is 3. The van der Waals surface area contributed by atoms with Crippen molar-refractivity contribution in [2.24, 2.45) is 0 Å². The van der Waals surface area contributed by atoms with Crippen LogP contribution in [-0.4, -0.2) is 29.3 Å². The number of hydrogen-bond acceptors (Lipinski definition) is 5. The number of benzene rings is 1. The summed E-state index contributed by atoms with van der Waals surface area (Å²) in [6.45, 7) is 0.178. The third-order valence-corrected chi connectivity index (χ3v) is 2.79. The van der Waals surface area contributed by atoms with Crippen molar-refractivity contribution in [3.63, 3.8) is 0 Å². The zero-order valence-electron chi connectivity index (χ0n) is 9.34. The minimum Gasteiger partial charge on any atom is -0.303 e. The predicted molar refractivity (Wildman–Crippen MR) is 66.7 cm³/mol. The molecule has 0 spiro atoms. The lowest BCUT2D eigenvalue weighted by atomic mass is 10.1. The summed E-state index contributed by atoms with van der Waals surface area (Å²) in [7, 11) is 0. The summed E-state index contributed by atoms with van der Waals surface area (Å²) in [5.41, 5.74) is 3.37. The average Bonchev–Trinajstić information content (AvgIpc) is 2.64. The Morgan fingerprint density at radius 3 is 2.22 bits per heavy atom. The Morgan fingerprint density at radius 1 is 1.17 bits per heavy atom. The highest BCUT2D eigenvalue weighted by molar-refractivity contribution is 7.78. The van der Waals surface area contributed by atoms with E-state index in [4.69, 9.17) is 0 Å². The Bertz CT molecular complexity index is 483. The van der Waals surface area contributed by atoms with Crippen LogP contribution >= 0.6 is 12.8 Å². The van der Waals surface area contributed by atoms with E-state index in [-0.39, 0.29) is 18.9 Å². The van der Waals surface area contributed by atoms with Crippen molar-refractivity contribution in [1.29, 1.82) is 0 Å². The Hall–Kier alpha value is -1.86. The second-order valence-corrected chi connectivity index (χ2v) is 3.91. The Morgan fingerprint density at radius 2 is 1.72 bits per heavy atom. The molecular formula is C11H11N3O3S. The summed E-state index contributed by atoms with van der Waals surface area (Å²) in [5, 5.41) is 0.927. The van der Waals surface area contributed by atoms with Gasteiger partial charge >= 0.3 is 0 Å². The maximum Gasteiger partial charge on any atom is 0.276 e. The van der Waals surface area contributed by atoms with Crippen LogP contribution in [0.15, 0.2) is 24.3 Å². The second-order valence-electron chi connectivity index (χ2n) is 3.68. The van der Waals surface area contributed by atoms with E-state index in [1.165, 1.54) is 0 Å². The molecule has 0 saturated heterocycles. The number of carbonyl (C=O) groups is 3. The van der Waals surface area contributed by atoms with Crippen LogP contribution in [0.4, 0.5) is 0 Å². The standard InChI is InChI=1S/C11H11N3O3S/c15-9(13-18)5-6-12-14-10(16)7-3-1-2-4-8(7)11(14)17/h1-4,12,18H,5-6H2,(H,13,15). The van der Waals surface area contributed by atoms with Gasteiger partial charge in [-0.2, -0.15) is 0 Å². The van der Waals surface area contributed by atoms with Crippen LogP contribution in [0.25, 0.3) is 0 Å². The van der Waals surface area contributed by atoms with Gasteiger partial charge in [0.25, 0.3) is 11.8 Å². The number of nitrogens with zero attached hydrogens (tertiary/aromatic N) is 1. The first-order chi connectivity index (χ1) is 8.65. The number of fused-ring (bicyclic) bond motifs is 1. The van der Waals surface area contributed by atoms with Gasteiger partial charge in [0.1, 0.15) is 0 Å². The molecule has 94 valence electrons. The van der Waals surface area contributed by atoms with E-state index in [9.17, 15) is 14.4 Å². The Kier molecular flexibility index (Phi) is 3.63. The molecule has 1 aliphatic heterocycles. The van der Waals surface area contributed by atoms with E-state index < -0.39 is 11.8 Å². The summed E-state index contributed by atoms with van der Waals surface area (Å²) >= 11 is 3.60. The second kappa shape index (κ2) is 5.19. The summed E-state index contributed by atoms with van der Waals surface area (Å²) in [6.07, 6.45) is 0.122. The molecule has 2 rings (SSSR count). The van der Waals surface area contributed by atoms with Gasteiger partial charge in [0, 0.05) is 13.0 Å². The van der Waals surface area contributed by atoms with Gasteiger partial charge in [0.05, 0.1) is 11.1 Å². The van der Waals surface area contributed by atoms with Crippen LogP contribution in [0.1, 0.15) is 27.1 Å². The van der Waals surface area contributed by atoms with Crippen molar-refractivity contribution in [3.8, 4) is 0 Å². The maximum absolute atomic E-state index is 11.9. The molecule has 18 heavy (non-hydrogen) atoms. The topological polar surface area (TPSA) is 78.5 Å². The van der Waals surface area contributed by atoms with Crippen LogP contribution in [0, 0.1) is 0 Å². The fourth-order valence-electron chi connectivity index (χ4n) is 1.67. The molecule has 0 bridgehead atoms. The Balaban J connectivity index is 2.03. The van der Waals surface area contributed by atoms with E-state index in [1.807, 2.05) is 0 Å². The van der Waals surface area contributed by atoms with Crippen molar-refractivity contribution in [2.75, 3.05) is 6.54 Å². The zero-order valence-corrected chi connectivity index (χ0v) is 10.2. The van der Waals surface area contributed by atoms with Crippen LogP contribution < -0.4 is 10.1 Å². The number of nitrogens with one attached hydrogen (secondary N) is 2. The molecule has 3 amide bonds. The minimum atomic E-state index is -0.401. The summed E-state index contributed by atoms with van der Waals surface area (Å²) in [5.74, 6) is -1.09. The molecule has 0 aromatic heterocycles. The molecule has 0 aliphatic carbocycles. The first-order valence-corrected chi connectivity index (χ1v) is 5.74. The molecule has 1 aromatic carbocycles. The fourth-order valence-corrected chi connectivity index (χ4v) is 1.78. The third kappa shape index (κ3) is 2.22. The van der Waals surface area contributed by atoms with Crippen molar-refractivity contribution >= 4 is 30.5 Å². The lowest BCUT2D eigenvalue weighted by Gasteiger charge is -2.14. The first kappa shape index (κ1) is 12.6. The summed E-state index contributed by atoms with van der Waals surface area (Å²) < 4.78 is 2.16. The van der Waals surface area contributed by atoms with Crippen LogP contribution in [0.3, 0.4) is 0 Å². The Labute approximate surface area is 109 Å². The predicted octanol–water partition coefficient (Wildman–Crippen LogP) is 0.138. The van der Waals surface area contributed by atoms with Crippen LogP contribution in [-0.2, 0) is 4.79 Å². The molecule has 0 radical (unpaired) electrons. The van der Waals surface area contributed by atoms with Crippen molar-refractivity contribution in [2.45, 2.75) is 6.42 Å². The number of hydrazine groups is 1. The molecule has 6 nitrogen and oxygen atoms in total. The van der Waals surface area contributed by atoms with E-state index in [0.717, 1.165) is 5.01 Å². The molecular weight excluding hydrogens is 254 g/mol. The zero-order chi connectivity index (χ0) is 13.1. The third-order valence-electron chi connectivity index (χ3n) is 2.54. The van der Waals surface area contributed by atoms with Gasteiger partial charge in [-0.15, -0.1) is 0 Å². The lowest BCUT2D eigenvalue weighted by Crippen LogP contribution is -2.43. The highest BCUT2D eigenvalue weighted by Crippen LogP contribution is 2.20. The van der Waals surface area contributed by atoms with E-state index >= 15 is 0 Å². The number of carbonyl (C=O) groups excluding carboxylic acids is 3. The van der Waals surface area contributed by atoms with Gasteiger partial charge in [-0.3, -0.25) is 14.4 Å². The molecule has 1 heterocycles. The van der Waals surface area contributed by atoms with Gasteiger partial charge in [0.2, 0.25) is 5.91 Å². The SMILES string of the molecule is O=C(CCNN1C(=O)c2ccccc2C1=O)NS. The largest absolute Gasteiger partial charge is 0.303 e. The van der Waals surface area contributed by atoms with E-state index in [1.54, 1.807) is 24.3 Å². The van der Waals surface area contributed by atoms with Gasteiger partial charge in [-0.25, -0.2) is 10.4 Å². The van der Waals surface area contributed by atoms with Crippen molar-refractivity contribution in [1.82, 2.24) is 15.2 Å². The van der Waals surface area contributed by atoms with Crippen molar-refractivity contribution < 1.29 is 14.4 Å². The number of imide groups is 1. The molecule has 1 aromatic rings. The maximum atomic E-state index is 11.9. The molecule has 2 N–H and O–H groups in total.